The number of rotatable bonds is 1. The molecule has 0 radical (unpaired) electrons. The van der Waals surface area contributed by atoms with Gasteiger partial charge in [-0.15, -0.1) is 0 Å². The number of halogens is 1. The zero-order chi connectivity index (χ0) is 12.1. The Morgan fingerprint density at radius 2 is 1.78 bits per heavy atom. The summed E-state index contributed by atoms with van der Waals surface area (Å²) in [6.45, 7) is 0.331. The van der Waals surface area contributed by atoms with Gasteiger partial charge in [0.1, 0.15) is 12.2 Å². The molecule has 18 heavy (non-hydrogen) atoms. The number of ether oxygens (including phenoxy) is 4. The molecule has 4 heterocycles. The molecule has 0 saturated carbocycles. The summed E-state index contributed by atoms with van der Waals surface area (Å²) in [6, 6.07) is 9.63. The zero-order valence-corrected chi connectivity index (χ0v) is 9.57. The van der Waals surface area contributed by atoms with Crippen molar-refractivity contribution in [2.24, 2.45) is 5.92 Å². The first-order valence-corrected chi connectivity index (χ1v) is 6.10. The first-order chi connectivity index (χ1) is 8.83. The van der Waals surface area contributed by atoms with Gasteiger partial charge in [0, 0.05) is 5.56 Å². The molecule has 4 nitrogen and oxygen atoms in total. The minimum Gasteiger partial charge on any atom is -0.349 e. The van der Waals surface area contributed by atoms with Gasteiger partial charge in [0.15, 0.2) is 12.6 Å². The molecule has 4 fully saturated rings. The molecule has 1 aromatic rings. The van der Waals surface area contributed by atoms with Crippen LogP contribution in [0.4, 0.5) is 4.39 Å². The maximum Gasteiger partial charge on any atom is 0.209 e. The van der Waals surface area contributed by atoms with Crippen LogP contribution in [-0.4, -0.2) is 31.5 Å². The molecule has 4 saturated heterocycles. The topological polar surface area (TPSA) is 36.9 Å². The molecule has 5 rings (SSSR count). The zero-order valence-electron chi connectivity index (χ0n) is 9.57. The van der Waals surface area contributed by atoms with Gasteiger partial charge in [-0.1, -0.05) is 30.3 Å². The van der Waals surface area contributed by atoms with Crippen LogP contribution in [-0.2, 0) is 18.9 Å². The number of hydrogen-bond acceptors (Lipinski definition) is 4. The molecule has 0 amide bonds. The van der Waals surface area contributed by atoms with Crippen molar-refractivity contribution in [3.63, 3.8) is 0 Å². The first-order valence-electron chi connectivity index (χ1n) is 6.10. The average molecular weight is 252 g/mol. The van der Waals surface area contributed by atoms with E-state index in [9.17, 15) is 4.39 Å². The van der Waals surface area contributed by atoms with Gasteiger partial charge in [-0.25, -0.2) is 4.39 Å². The summed E-state index contributed by atoms with van der Waals surface area (Å²) in [5, 5.41) is 0. The van der Waals surface area contributed by atoms with Crippen molar-refractivity contribution in [2.45, 2.75) is 31.1 Å². The first kappa shape index (κ1) is 10.9. The van der Waals surface area contributed by atoms with Crippen LogP contribution in [0.3, 0.4) is 0 Å². The maximum absolute atomic E-state index is 13.6. The van der Waals surface area contributed by atoms with Crippen LogP contribution in [0.2, 0.25) is 0 Å². The summed E-state index contributed by atoms with van der Waals surface area (Å²) in [7, 11) is 0. The summed E-state index contributed by atoms with van der Waals surface area (Å²) >= 11 is 0. The monoisotopic (exact) mass is 252 g/mol. The normalized spacial score (nSPS) is 46.1. The van der Waals surface area contributed by atoms with Gasteiger partial charge in [-0.05, 0) is 0 Å². The van der Waals surface area contributed by atoms with Crippen LogP contribution in [0.15, 0.2) is 30.3 Å². The third-order valence-corrected chi connectivity index (χ3v) is 3.70. The third kappa shape index (κ3) is 1.52. The van der Waals surface area contributed by atoms with Crippen molar-refractivity contribution in [2.75, 3.05) is 6.61 Å². The minimum atomic E-state index is -1.32. The van der Waals surface area contributed by atoms with Crippen LogP contribution in [0.25, 0.3) is 0 Å². The molecular formula is C13H13FO4. The number of alkyl halides is 1. The van der Waals surface area contributed by atoms with Crippen LogP contribution < -0.4 is 0 Å². The molecule has 4 aliphatic rings. The SMILES string of the molecule is F[C@@H]1O[C@H]2OC[C@@H]1[C@@H]1O[C@H](c3ccccc3)O[C@H]21. The van der Waals surface area contributed by atoms with Crippen molar-refractivity contribution in [3.05, 3.63) is 35.9 Å². The van der Waals surface area contributed by atoms with E-state index in [0.29, 0.717) is 6.61 Å². The maximum atomic E-state index is 13.6. The Kier molecular flexibility index (Phi) is 2.41. The Balaban J connectivity index is 1.60. The van der Waals surface area contributed by atoms with Crippen molar-refractivity contribution < 1.29 is 23.3 Å². The summed E-state index contributed by atoms with van der Waals surface area (Å²) in [4.78, 5) is 0. The smallest absolute Gasteiger partial charge is 0.209 e. The van der Waals surface area contributed by atoms with E-state index < -0.39 is 24.9 Å². The second-order valence-corrected chi connectivity index (χ2v) is 4.80. The van der Waals surface area contributed by atoms with Gasteiger partial charge in [-0.3, -0.25) is 0 Å². The van der Waals surface area contributed by atoms with Crippen molar-refractivity contribution in [1.82, 2.24) is 0 Å². The Bertz CT molecular complexity index is 440. The minimum absolute atomic E-state index is 0.280. The lowest BCUT2D eigenvalue weighted by atomic mass is 9.93. The van der Waals surface area contributed by atoms with E-state index in [-0.39, 0.29) is 12.2 Å². The lowest BCUT2D eigenvalue weighted by molar-refractivity contribution is -0.344. The fourth-order valence-corrected chi connectivity index (χ4v) is 2.77. The molecule has 0 spiro atoms. The molecule has 6 atom stereocenters. The van der Waals surface area contributed by atoms with E-state index in [1.165, 1.54) is 0 Å². The standard InChI is InChI=1S/C13H13FO4/c14-11-8-6-15-13(18-11)10-9(8)16-12(17-10)7-4-2-1-3-5-7/h1-5,8-13H,6H2/t8-,9+,10+,11-,12+,13-/m1/s1. The van der Waals surface area contributed by atoms with Crippen LogP contribution in [0.5, 0.6) is 0 Å². The van der Waals surface area contributed by atoms with Gasteiger partial charge in [-0.2, -0.15) is 0 Å². The summed E-state index contributed by atoms with van der Waals surface area (Å²) in [6.07, 6.45) is -3.03. The average Bonchev–Trinajstić information content (AvgIpc) is 2.87. The van der Waals surface area contributed by atoms with Crippen molar-refractivity contribution >= 4 is 0 Å². The highest BCUT2D eigenvalue weighted by atomic mass is 19.1. The van der Waals surface area contributed by atoms with Crippen LogP contribution in [0, 0.1) is 5.92 Å². The molecule has 0 aromatic heterocycles. The summed E-state index contributed by atoms with van der Waals surface area (Å²) < 4.78 is 35.7. The fourth-order valence-electron chi connectivity index (χ4n) is 2.77. The largest absolute Gasteiger partial charge is 0.349 e. The second kappa shape index (κ2) is 3.99. The lowest BCUT2D eigenvalue weighted by Crippen LogP contribution is -2.59. The highest BCUT2D eigenvalue weighted by molar-refractivity contribution is 5.17. The van der Waals surface area contributed by atoms with E-state index in [1.807, 2.05) is 30.3 Å². The van der Waals surface area contributed by atoms with E-state index >= 15 is 0 Å². The van der Waals surface area contributed by atoms with Gasteiger partial charge < -0.3 is 18.9 Å². The fraction of sp³-hybridized carbons (Fsp3) is 0.538. The number of hydrogen-bond donors (Lipinski definition) is 0. The lowest BCUT2D eigenvalue weighted by Gasteiger charge is -2.44. The van der Waals surface area contributed by atoms with Crippen LogP contribution >= 0.6 is 0 Å². The van der Waals surface area contributed by atoms with Gasteiger partial charge in [0.2, 0.25) is 6.36 Å². The molecule has 5 heteroatoms. The predicted octanol–water partition coefficient (Wildman–Crippen LogP) is 1.77. The summed E-state index contributed by atoms with van der Waals surface area (Å²) in [5.74, 6) is -0.395. The molecule has 2 bridgehead atoms. The van der Waals surface area contributed by atoms with Crippen LogP contribution in [0.1, 0.15) is 11.9 Å². The molecule has 1 aromatic carbocycles. The van der Waals surface area contributed by atoms with E-state index in [0.717, 1.165) is 5.56 Å². The predicted molar refractivity (Wildman–Crippen MR) is 58.1 cm³/mol. The van der Waals surface area contributed by atoms with Gasteiger partial charge in [0.05, 0.1) is 12.5 Å². The summed E-state index contributed by atoms with van der Waals surface area (Å²) in [5.41, 5.74) is 0.932. The van der Waals surface area contributed by atoms with Crippen molar-refractivity contribution in [1.29, 1.82) is 0 Å². The van der Waals surface area contributed by atoms with E-state index in [4.69, 9.17) is 18.9 Å². The van der Waals surface area contributed by atoms with E-state index in [2.05, 4.69) is 0 Å². The highest BCUT2D eigenvalue weighted by Gasteiger charge is 2.57. The Hall–Kier alpha value is -1.01. The third-order valence-electron chi connectivity index (χ3n) is 3.70. The Morgan fingerprint density at radius 3 is 2.56 bits per heavy atom. The molecular weight excluding hydrogens is 239 g/mol. The van der Waals surface area contributed by atoms with E-state index in [1.54, 1.807) is 0 Å². The highest BCUT2D eigenvalue weighted by Crippen LogP contribution is 2.45. The van der Waals surface area contributed by atoms with Crippen molar-refractivity contribution in [3.8, 4) is 0 Å². The molecule has 96 valence electrons. The molecule has 0 aliphatic carbocycles. The van der Waals surface area contributed by atoms with Gasteiger partial charge >= 0.3 is 0 Å². The molecule has 0 N–H and O–H groups in total. The molecule has 4 aliphatic heterocycles. The quantitative estimate of drug-likeness (QED) is 0.763. The second-order valence-electron chi connectivity index (χ2n) is 4.80. The van der Waals surface area contributed by atoms with Gasteiger partial charge in [0.25, 0.3) is 0 Å². The Labute approximate surface area is 104 Å². The number of fused-ring (bicyclic) bond motifs is 2. The molecule has 0 unspecified atom stereocenters. The Morgan fingerprint density at radius 1 is 1.00 bits per heavy atom. The number of benzene rings is 1.